The summed E-state index contributed by atoms with van der Waals surface area (Å²) in [5, 5.41) is 8.63. The van der Waals surface area contributed by atoms with Crippen molar-refractivity contribution in [3.63, 3.8) is 0 Å². The van der Waals surface area contributed by atoms with E-state index in [2.05, 4.69) is 0 Å². The highest BCUT2D eigenvalue weighted by atomic mass is 16.5. The Morgan fingerprint density at radius 2 is 1.75 bits per heavy atom. The van der Waals surface area contributed by atoms with Crippen LogP contribution in [0.3, 0.4) is 0 Å². The summed E-state index contributed by atoms with van der Waals surface area (Å²) in [4.78, 5) is 22.1. The summed E-state index contributed by atoms with van der Waals surface area (Å²) < 4.78 is 4.99. The van der Waals surface area contributed by atoms with E-state index in [0.29, 0.717) is 12.3 Å². The van der Waals surface area contributed by atoms with Crippen LogP contribution >= 0.6 is 0 Å². The standard InChI is InChI=1S/C11H21NO4/c1-6(2)5-7(3)11(15)16-8(4)9(12)10(13)14/h6-9H,5,12H2,1-4H3,(H,13,14). The smallest absolute Gasteiger partial charge is 0.324 e. The molecule has 0 saturated carbocycles. The molecule has 3 atom stereocenters. The molecule has 0 spiro atoms. The molecule has 0 heterocycles. The van der Waals surface area contributed by atoms with Gasteiger partial charge in [0.15, 0.2) is 0 Å². The van der Waals surface area contributed by atoms with Gasteiger partial charge < -0.3 is 15.6 Å². The fraction of sp³-hybridized carbons (Fsp3) is 0.818. The van der Waals surface area contributed by atoms with Gasteiger partial charge in [-0.05, 0) is 19.3 Å². The summed E-state index contributed by atoms with van der Waals surface area (Å²) in [5.74, 6) is -1.40. The van der Waals surface area contributed by atoms with E-state index in [1.807, 2.05) is 13.8 Å². The Hall–Kier alpha value is -1.10. The van der Waals surface area contributed by atoms with Crippen molar-refractivity contribution in [1.29, 1.82) is 0 Å². The summed E-state index contributed by atoms with van der Waals surface area (Å²) in [7, 11) is 0. The van der Waals surface area contributed by atoms with E-state index in [0.717, 1.165) is 0 Å². The molecule has 0 aromatic rings. The molecule has 0 amide bonds. The SMILES string of the molecule is CC(C)CC(C)C(=O)OC(C)C(N)C(=O)O. The maximum absolute atomic E-state index is 11.5. The molecule has 3 N–H and O–H groups in total. The zero-order valence-electron chi connectivity index (χ0n) is 10.3. The van der Waals surface area contributed by atoms with Crippen LogP contribution in [0.1, 0.15) is 34.1 Å². The fourth-order valence-corrected chi connectivity index (χ4v) is 1.38. The molecule has 5 heteroatoms. The predicted molar refractivity (Wildman–Crippen MR) is 59.8 cm³/mol. The lowest BCUT2D eigenvalue weighted by molar-refractivity contribution is -0.157. The van der Waals surface area contributed by atoms with Crippen LogP contribution in [0.15, 0.2) is 0 Å². The van der Waals surface area contributed by atoms with Gasteiger partial charge in [-0.25, -0.2) is 0 Å². The van der Waals surface area contributed by atoms with Crippen LogP contribution in [0.2, 0.25) is 0 Å². The Morgan fingerprint density at radius 1 is 1.25 bits per heavy atom. The van der Waals surface area contributed by atoms with Crippen molar-refractivity contribution in [2.24, 2.45) is 17.6 Å². The van der Waals surface area contributed by atoms with Gasteiger partial charge in [-0.15, -0.1) is 0 Å². The molecule has 0 bridgehead atoms. The highest BCUT2D eigenvalue weighted by Gasteiger charge is 2.25. The monoisotopic (exact) mass is 231 g/mol. The zero-order chi connectivity index (χ0) is 12.9. The number of hydrogen-bond donors (Lipinski definition) is 2. The van der Waals surface area contributed by atoms with E-state index in [1.165, 1.54) is 6.92 Å². The van der Waals surface area contributed by atoms with Crippen LogP contribution in [0.5, 0.6) is 0 Å². The van der Waals surface area contributed by atoms with E-state index in [9.17, 15) is 9.59 Å². The molecule has 0 saturated heterocycles. The van der Waals surface area contributed by atoms with Gasteiger partial charge in [-0.3, -0.25) is 9.59 Å². The van der Waals surface area contributed by atoms with Gasteiger partial charge in [-0.1, -0.05) is 20.8 Å². The second-order valence-corrected chi connectivity index (χ2v) is 4.54. The third-order valence-electron chi connectivity index (χ3n) is 2.32. The van der Waals surface area contributed by atoms with Crippen LogP contribution in [-0.4, -0.2) is 29.2 Å². The number of nitrogens with two attached hydrogens (primary N) is 1. The molecule has 0 aromatic carbocycles. The first-order valence-electron chi connectivity index (χ1n) is 5.44. The highest BCUT2D eigenvalue weighted by Crippen LogP contribution is 2.13. The van der Waals surface area contributed by atoms with E-state index in [1.54, 1.807) is 6.92 Å². The number of carbonyl (C=O) groups is 2. The lowest BCUT2D eigenvalue weighted by Gasteiger charge is -2.20. The molecule has 94 valence electrons. The summed E-state index contributed by atoms with van der Waals surface area (Å²) in [6.07, 6.45) is -0.0898. The number of carboxylic acids is 1. The summed E-state index contributed by atoms with van der Waals surface area (Å²) in [5.41, 5.74) is 5.33. The third-order valence-corrected chi connectivity index (χ3v) is 2.32. The predicted octanol–water partition coefficient (Wildman–Crippen LogP) is 1.01. The number of hydrogen-bond acceptors (Lipinski definition) is 4. The molecule has 3 unspecified atom stereocenters. The minimum absolute atomic E-state index is 0.233. The van der Waals surface area contributed by atoms with Gasteiger partial charge in [0.25, 0.3) is 0 Å². The van der Waals surface area contributed by atoms with Gasteiger partial charge in [0.1, 0.15) is 12.1 Å². The molecule has 0 aliphatic heterocycles. The molecule has 0 aromatic heterocycles. The summed E-state index contributed by atoms with van der Waals surface area (Å²) in [6.45, 7) is 7.27. The Labute approximate surface area is 96.0 Å². The second kappa shape index (κ2) is 6.48. The maximum Gasteiger partial charge on any atom is 0.324 e. The van der Waals surface area contributed by atoms with Gasteiger partial charge in [0.2, 0.25) is 0 Å². The minimum Gasteiger partial charge on any atom is -0.480 e. The Bertz CT molecular complexity index is 252. The van der Waals surface area contributed by atoms with Crippen LogP contribution in [0.25, 0.3) is 0 Å². The van der Waals surface area contributed by atoms with Crippen LogP contribution in [-0.2, 0) is 14.3 Å². The normalized spacial score (nSPS) is 16.6. The van der Waals surface area contributed by atoms with Crippen molar-refractivity contribution in [1.82, 2.24) is 0 Å². The number of carboxylic acid groups (broad SMARTS) is 1. The number of esters is 1. The minimum atomic E-state index is -1.17. The Balaban J connectivity index is 4.18. The lowest BCUT2D eigenvalue weighted by Crippen LogP contribution is -2.43. The van der Waals surface area contributed by atoms with Gasteiger partial charge in [0, 0.05) is 0 Å². The first-order chi connectivity index (χ1) is 7.25. The second-order valence-electron chi connectivity index (χ2n) is 4.54. The van der Waals surface area contributed by atoms with E-state index in [4.69, 9.17) is 15.6 Å². The van der Waals surface area contributed by atoms with E-state index < -0.39 is 24.1 Å². The van der Waals surface area contributed by atoms with Crippen LogP contribution in [0, 0.1) is 11.8 Å². The molecule has 5 nitrogen and oxygen atoms in total. The topological polar surface area (TPSA) is 89.6 Å². The average molecular weight is 231 g/mol. The first-order valence-corrected chi connectivity index (χ1v) is 5.44. The number of aliphatic carboxylic acids is 1. The molecular formula is C11H21NO4. The first kappa shape index (κ1) is 14.9. The largest absolute Gasteiger partial charge is 0.480 e. The van der Waals surface area contributed by atoms with Crippen molar-refractivity contribution >= 4 is 11.9 Å². The van der Waals surface area contributed by atoms with Crippen molar-refractivity contribution < 1.29 is 19.4 Å². The van der Waals surface area contributed by atoms with E-state index in [-0.39, 0.29) is 5.92 Å². The Kier molecular flexibility index (Phi) is 6.03. The highest BCUT2D eigenvalue weighted by molar-refractivity contribution is 5.76. The molecule has 0 aliphatic carbocycles. The molecule has 0 fully saturated rings. The third kappa shape index (κ3) is 5.11. The number of rotatable bonds is 6. The fourth-order valence-electron chi connectivity index (χ4n) is 1.38. The van der Waals surface area contributed by atoms with Crippen molar-refractivity contribution in [2.75, 3.05) is 0 Å². The quantitative estimate of drug-likeness (QED) is 0.666. The Morgan fingerprint density at radius 3 is 2.12 bits per heavy atom. The van der Waals surface area contributed by atoms with E-state index >= 15 is 0 Å². The van der Waals surface area contributed by atoms with Gasteiger partial charge in [0.05, 0.1) is 5.92 Å². The molecular weight excluding hydrogens is 210 g/mol. The maximum atomic E-state index is 11.5. The average Bonchev–Trinajstić information content (AvgIpc) is 2.14. The van der Waals surface area contributed by atoms with Crippen molar-refractivity contribution in [3.05, 3.63) is 0 Å². The molecule has 16 heavy (non-hydrogen) atoms. The number of carbonyl (C=O) groups excluding carboxylic acids is 1. The van der Waals surface area contributed by atoms with Gasteiger partial charge >= 0.3 is 11.9 Å². The summed E-state index contributed by atoms with van der Waals surface area (Å²) in [6, 6.07) is -1.17. The zero-order valence-corrected chi connectivity index (χ0v) is 10.3. The van der Waals surface area contributed by atoms with Crippen molar-refractivity contribution in [2.45, 2.75) is 46.3 Å². The van der Waals surface area contributed by atoms with Crippen LogP contribution in [0.4, 0.5) is 0 Å². The lowest BCUT2D eigenvalue weighted by atomic mass is 9.99. The van der Waals surface area contributed by atoms with Gasteiger partial charge in [-0.2, -0.15) is 0 Å². The molecule has 0 rings (SSSR count). The molecule has 0 aliphatic rings. The number of ether oxygens (including phenoxy) is 1. The molecule has 0 radical (unpaired) electrons. The van der Waals surface area contributed by atoms with Crippen molar-refractivity contribution in [3.8, 4) is 0 Å². The van der Waals surface area contributed by atoms with Crippen LogP contribution < -0.4 is 5.73 Å². The summed E-state index contributed by atoms with van der Waals surface area (Å²) >= 11 is 0.